The molecule has 0 aliphatic rings. The molecule has 0 aliphatic carbocycles. The molecule has 0 saturated carbocycles. The summed E-state index contributed by atoms with van der Waals surface area (Å²) in [6.07, 6.45) is 1.01. The van der Waals surface area contributed by atoms with Crippen LogP contribution in [0.25, 0.3) is 0 Å². The Labute approximate surface area is 107 Å². The minimum absolute atomic E-state index is 0.939. The lowest BCUT2D eigenvalue weighted by Gasteiger charge is -2.08. The number of hydrogen-bond donors (Lipinski definition) is 1. The zero-order valence-corrected chi connectivity index (χ0v) is 11.9. The molecule has 0 atom stereocenters. The largest absolute Gasteiger partial charge is 0.384 e. The van der Waals surface area contributed by atoms with Gasteiger partial charge in [0.25, 0.3) is 0 Å². The molecule has 0 saturated heterocycles. The van der Waals surface area contributed by atoms with Crippen LogP contribution in [0.3, 0.4) is 0 Å². The van der Waals surface area contributed by atoms with E-state index in [1.807, 2.05) is 6.92 Å². The molecule has 0 aliphatic heterocycles. The molecule has 1 aromatic carbocycles. The van der Waals surface area contributed by atoms with E-state index >= 15 is 0 Å². The third-order valence-corrected chi connectivity index (χ3v) is 3.13. The van der Waals surface area contributed by atoms with Crippen molar-refractivity contribution in [3.63, 3.8) is 0 Å². The first-order valence-corrected chi connectivity index (χ1v) is 6.30. The maximum atomic E-state index is 3.87. The monoisotopic (exact) mass is 365 g/mol. The molecule has 1 nitrogen and oxygen atoms in total. The lowest BCUT2D eigenvalue weighted by atomic mass is 10.2. The van der Waals surface area contributed by atoms with Gasteiger partial charge in [-0.05, 0) is 70.1 Å². The summed E-state index contributed by atoms with van der Waals surface area (Å²) in [5, 5.41) is 3.36. The molecule has 0 spiro atoms. The van der Waals surface area contributed by atoms with Crippen molar-refractivity contribution in [3.8, 4) is 0 Å². The second-order valence-electron chi connectivity index (χ2n) is 3.26. The molecule has 0 fully saturated rings. The van der Waals surface area contributed by atoms with Gasteiger partial charge >= 0.3 is 0 Å². The molecular formula is C11H13BrIN. The van der Waals surface area contributed by atoms with Gasteiger partial charge in [0.15, 0.2) is 0 Å². The minimum atomic E-state index is 0.939. The van der Waals surface area contributed by atoms with Crippen molar-refractivity contribution >= 4 is 44.2 Å². The second-order valence-corrected chi connectivity index (χ2v) is 5.36. The fourth-order valence-electron chi connectivity index (χ4n) is 1.04. The third-order valence-electron chi connectivity index (χ3n) is 1.80. The van der Waals surface area contributed by atoms with E-state index in [9.17, 15) is 0 Å². The van der Waals surface area contributed by atoms with E-state index in [0.29, 0.717) is 0 Å². The Hall–Kier alpha value is -0.0300. The minimum Gasteiger partial charge on any atom is -0.384 e. The Balaban J connectivity index is 2.55. The topological polar surface area (TPSA) is 12.0 Å². The second kappa shape index (κ2) is 5.75. The quantitative estimate of drug-likeness (QED) is 0.614. The highest BCUT2D eigenvalue weighted by atomic mass is 127. The Bertz CT molecular complexity index is 336. The van der Waals surface area contributed by atoms with E-state index in [0.717, 1.165) is 23.1 Å². The highest BCUT2D eigenvalue weighted by Crippen LogP contribution is 2.24. The van der Waals surface area contributed by atoms with Crippen LogP contribution >= 0.6 is 38.5 Å². The van der Waals surface area contributed by atoms with Crippen LogP contribution in [0.2, 0.25) is 0 Å². The van der Waals surface area contributed by atoms with Crippen LogP contribution in [-0.4, -0.2) is 6.54 Å². The molecule has 3 heteroatoms. The first kappa shape index (κ1) is 12.0. The van der Waals surface area contributed by atoms with Crippen LogP contribution in [0.15, 0.2) is 34.8 Å². The molecule has 0 radical (unpaired) electrons. The molecule has 76 valence electrons. The summed E-state index contributed by atoms with van der Waals surface area (Å²) in [7, 11) is 0. The zero-order valence-electron chi connectivity index (χ0n) is 8.11. The summed E-state index contributed by atoms with van der Waals surface area (Å²) in [6.45, 7) is 6.86. The van der Waals surface area contributed by atoms with E-state index in [1.165, 1.54) is 9.14 Å². The number of rotatable bonds is 4. The van der Waals surface area contributed by atoms with Crippen LogP contribution in [0.5, 0.6) is 0 Å². The van der Waals surface area contributed by atoms with Crippen LogP contribution in [-0.2, 0) is 0 Å². The zero-order chi connectivity index (χ0) is 10.6. The molecule has 14 heavy (non-hydrogen) atoms. The first-order valence-electron chi connectivity index (χ1n) is 4.43. The molecular weight excluding hydrogens is 353 g/mol. The normalized spacial score (nSPS) is 9.93. The molecule has 0 unspecified atom stereocenters. The Morgan fingerprint density at radius 2 is 2.29 bits per heavy atom. The molecule has 0 bridgehead atoms. The van der Waals surface area contributed by atoms with Crippen molar-refractivity contribution < 1.29 is 0 Å². The van der Waals surface area contributed by atoms with Gasteiger partial charge in [-0.15, -0.1) is 6.58 Å². The molecule has 0 heterocycles. The predicted octanol–water partition coefficient (Wildman–Crippen LogP) is 4.43. The molecule has 1 rings (SSSR count). The van der Waals surface area contributed by atoms with Crippen LogP contribution < -0.4 is 5.32 Å². The summed E-state index contributed by atoms with van der Waals surface area (Å²) in [4.78, 5) is 0. The smallest absolute Gasteiger partial charge is 0.0485 e. The van der Waals surface area contributed by atoms with Crippen LogP contribution in [0.1, 0.15) is 13.3 Å². The average molecular weight is 366 g/mol. The third kappa shape index (κ3) is 4.00. The molecule has 0 amide bonds. The van der Waals surface area contributed by atoms with E-state index in [1.54, 1.807) is 0 Å². The SMILES string of the molecule is C=C(C)CCNc1ccc(I)cc1Br. The van der Waals surface area contributed by atoms with Crippen molar-refractivity contribution in [2.75, 3.05) is 11.9 Å². The average Bonchev–Trinajstić information content (AvgIpc) is 2.08. The van der Waals surface area contributed by atoms with E-state index in [-0.39, 0.29) is 0 Å². The standard InChI is InChI=1S/C11H13BrIN/c1-8(2)5-6-14-11-4-3-9(13)7-10(11)12/h3-4,7,14H,1,5-6H2,2H3. The van der Waals surface area contributed by atoms with Gasteiger partial charge in [-0.1, -0.05) is 5.57 Å². The highest BCUT2D eigenvalue weighted by Gasteiger charge is 1.98. The highest BCUT2D eigenvalue weighted by molar-refractivity contribution is 14.1. The van der Waals surface area contributed by atoms with Crippen LogP contribution in [0.4, 0.5) is 5.69 Å². The summed E-state index contributed by atoms with van der Waals surface area (Å²) in [5.74, 6) is 0. The lowest BCUT2D eigenvalue weighted by Crippen LogP contribution is -2.02. The van der Waals surface area contributed by atoms with Crippen molar-refractivity contribution in [2.24, 2.45) is 0 Å². The fraction of sp³-hybridized carbons (Fsp3) is 0.273. The predicted molar refractivity (Wildman–Crippen MR) is 74.8 cm³/mol. The van der Waals surface area contributed by atoms with Crippen LogP contribution in [0, 0.1) is 3.57 Å². The summed E-state index contributed by atoms with van der Waals surface area (Å²) in [5.41, 5.74) is 2.35. The van der Waals surface area contributed by atoms with Gasteiger partial charge < -0.3 is 5.32 Å². The first-order chi connectivity index (χ1) is 6.59. The van der Waals surface area contributed by atoms with Crippen molar-refractivity contribution in [1.29, 1.82) is 0 Å². The van der Waals surface area contributed by atoms with Gasteiger partial charge in [0, 0.05) is 20.3 Å². The number of halogens is 2. The molecule has 1 N–H and O–H groups in total. The lowest BCUT2D eigenvalue weighted by molar-refractivity contribution is 1.00. The number of benzene rings is 1. The van der Waals surface area contributed by atoms with Gasteiger partial charge in [-0.2, -0.15) is 0 Å². The Morgan fingerprint density at radius 3 is 2.86 bits per heavy atom. The Morgan fingerprint density at radius 1 is 1.57 bits per heavy atom. The van der Waals surface area contributed by atoms with Crippen molar-refractivity contribution in [3.05, 3.63) is 38.4 Å². The summed E-state index contributed by atoms with van der Waals surface area (Å²) < 4.78 is 2.35. The van der Waals surface area contributed by atoms with Gasteiger partial charge in [0.2, 0.25) is 0 Å². The van der Waals surface area contributed by atoms with Gasteiger partial charge in [-0.25, -0.2) is 0 Å². The van der Waals surface area contributed by atoms with E-state index < -0.39 is 0 Å². The maximum Gasteiger partial charge on any atom is 0.0485 e. The molecule has 1 aromatic rings. The van der Waals surface area contributed by atoms with Gasteiger partial charge in [-0.3, -0.25) is 0 Å². The number of hydrogen-bond acceptors (Lipinski definition) is 1. The van der Waals surface area contributed by atoms with E-state index in [2.05, 4.69) is 68.6 Å². The molecule has 0 aromatic heterocycles. The maximum absolute atomic E-state index is 3.87. The number of anilines is 1. The Kier molecular flexibility index (Phi) is 4.95. The van der Waals surface area contributed by atoms with Gasteiger partial charge in [0.05, 0.1) is 0 Å². The summed E-state index contributed by atoms with van der Waals surface area (Å²) in [6, 6.07) is 6.28. The van der Waals surface area contributed by atoms with Crippen molar-refractivity contribution in [2.45, 2.75) is 13.3 Å². The van der Waals surface area contributed by atoms with Crippen molar-refractivity contribution in [1.82, 2.24) is 0 Å². The fourth-order valence-corrected chi connectivity index (χ4v) is 2.48. The van der Waals surface area contributed by atoms with E-state index in [4.69, 9.17) is 0 Å². The van der Waals surface area contributed by atoms with Gasteiger partial charge in [0.1, 0.15) is 0 Å². The number of nitrogens with one attached hydrogen (secondary N) is 1. The summed E-state index contributed by atoms with van der Waals surface area (Å²) >= 11 is 5.82.